The summed E-state index contributed by atoms with van der Waals surface area (Å²) in [6, 6.07) is 0. The fraction of sp³-hybridized carbons (Fsp3) is 0.400. The molecule has 0 aromatic heterocycles. The Morgan fingerprint density at radius 2 is 2.19 bits per heavy atom. The number of ketones is 1. The molecule has 0 unspecified atom stereocenters. The minimum atomic E-state index is -2.42. The van der Waals surface area contributed by atoms with Crippen LogP contribution in [0.5, 0.6) is 0 Å². The molecule has 0 bridgehead atoms. The van der Waals surface area contributed by atoms with Crippen molar-refractivity contribution in [2.45, 2.75) is 18.6 Å². The van der Waals surface area contributed by atoms with Gasteiger partial charge in [-0.15, -0.1) is 0 Å². The average molecular weight is 247 g/mol. The Hall–Kier alpha value is -1.17. The number of aliphatic hydroxyl groups is 2. The maximum Gasteiger partial charge on any atom is 0.345 e. The van der Waals surface area contributed by atoms with Crippen molar-refractivity contribution in [3.63, 3.8) is 0 Å². The summed E-state index contributed by atoms with van der Waals surface area (Å²) in [5, 5.41) is 19.2. The van der Waals surface area contributed by atoms with Crippen LogP contribution in [0, 0.1) is 0 Å². The molecule has 0 saturated heterocycles. The van der Waals surface area contributed by atoms with Crippen molar-refractivity contribution >= 4 is 23.4 Å². The Morgan fingerprint density at radius 3 is 2.62 bits per heavy atom. The SMILES string of the molecule is C/C=C/C1=C(Cl)C(=O)[C@@H](O)[C@@]1(O)C(=O)OC. The van der Waals surface area contributed by atoms with Gasteiger partial charge in [-0.25, -0.2) is 4.79 Å². The van der Waals surface area contributed by atoms with Crippen LogP contribution in [0.15, 0.2) is 22.8 Å². The number of carbonyl (C=O) groups is 2. The Kier molecular flexibility index (Phi) is 3.52. The van der Waals surface area contributed by atoms with E-state index in [1.54, 1.807) is 6.92 Å². The highest BCUT2D eigenvalue weighted by Crippen LogP contribution is 2.37. The molecule has 0 radical (unpaired) electrons. The molecule has 16 heavy (non-hydrogen) atoms. The first-order chi connectivity index (χ1) is 7.41. The summed E-state index contributed by atoms with van der Waals surface area (Å²) < 4.78 is 4.35. The number of hydrogen-bond donors (Lipinski definition) is 2. The van der Waals surface area contributed by atoms with E-state index < -0.39 is 23.5 Å². The van der Waals surface area contributed by atoms with Crippen LogP contribution in [0.2, 0.25) is 0 Å². The second-order valence-corrected chi connectivity index (χ2v) is 3.63. The van der Waals surface area contributed by atoms with Crippen molar-refractivity contribution < 1.29 is 24.5 Å². The second kappa shape index (κ2) is 4.37. The Morgan fingerprint density at radius 1 is 1.62 bits per heavy atom. The predicted molar refractivity (Wildman–Crippen MR) is 55.7 cm³/mol. The van der Waals surface area contributed by atoms with Gasteiger partial charge in [-0.2, -0.15) is 0 Å². The first-order valence-electron chi connectivity index (χ1n) is 4.47. The highest BCUT2D eigenvalue weighted by molar-refractivity contribution is 6.45. The van der Waals surface area contributed by atoms with Crippen molar-refractivity contribution in [2.75, 3.05) is 7.11 Å². The van der Waals surface area contributed by atoms with Crippen molar-refractivity contribution in [3.8, 4) is 0 Å². The van der Waals surface area contributed by atoms with Crippen LogP contribution in [0.1, 0.15) is 6.92 Å². The molecule has 1 aliphatic carbocycles. The molecule has 1 aliphatic rings. The molecule has 0 fully saturated rings. The summed E-state index contributed by atoms with van der Waals surface area (Å²) in [7, 11) is 1.04. The maximum absolute atomic E-state index is 11.4. The monoisotopic (exact) mass is 246 g/mol. The molecule has 6 heteroatoms. The number of hydrogen-bond acceptors (Lipinski definition) is 5. The fourth-order valence-electron chi connectivity index (χ4n) is 1.50. The molecule has 0 aromatic rings. The van der Waals surface area contributed by atoms with Gasteiger partial charge in [0.25, 0.3) is 0 Å². The largest absolute Gasteiger partial charge is 0.467 e. The summed E-state index contributed by atoms with van der Waals surface area (Å²) in [6.07, 6.45) is 0.836. The Labute approximate surface area is 97.0 Å². The van der Waals surface area contributed by atoms with E-state index in [2.05, 4.69) is 4.74 Å². The highest BCUT2D eigenvalue weighted by Gasteiger charge is 2.57. The third kappa shape index (κ3) is 1.57. The lowest BCUT2D eigenvalue weighted by Gasteiger charge is -2.24. The number of Topliss-reactive ketones (excluding diaryl/α,β-unsaturated/α-hetero) is 1. The van der Waals surface area contributed by atoms with Gasteiger partial charge in [0.1, 0.15) is 0 Å². The zero-order valence-electron chi connectivity index (χ0n) is 8.73. The molecule has 0 saturated carbocycles. The van der Waals surface area contributed by atoms with E-state index in [9.17, 15) is 19.8 Å². The molecule has 2 N–H and O–H groups in total. The maximum atomic E-state index is 11.4. The lowest BCUT2D eigenvalue weighted by Crippen LogP contribution is -2.50. The number of methoxy groups -OCH3 is 1. The molecule has 0 aliphatic heterocycles. The van der Waals surface area contributed by atoms with Gasteiger partial charge in [0.15, 0.2) is 6.10 Å². The molecule has 5 nitrogen and oxygen atoms in total. The molecular weight excluding hydrogens is 236 g/mol. The standard InChI is InChI=1S/C10H11ClO5/c1-3-4-5-6(11)7(12)8(13)10(5,15)9(14)16-2/h3-4,8,13,15H,1-2H3/b4-3+/t8-,10-/m1/s1. The van der Waals surface area contributed by atoms with Gasteiger partial charge in [0.2, 0.25) is 11.4 Å². The normalized spacial score (nSPS) is 30.3. The summed E-state index contributed by atoms with van der Waals surface area (Å²) >= 11 is 5.64. The number of aliphatic hydroxyl groups excluding tert-OH is 1. The van der Waals surface area contributed by atoms with Gasteiger partial charge in [-0.05, 0) is 6.92 Å². The van der Waals surface area contributed by atoms with Crippen LogP contribution >= 0.6 is 11.6 Å². The molecule has 0 heterocycles. The fourth-order valence-corrected chi connectivity index (χ4v) is 1.81. The zero-order chi connectivity index (χ0) is 12.5. The van der Waals surface area contributed by atoms with Crippen LogP contribution in [0.3, 0.4) is 0 Å². The van der Waals surface area contributed by atoms with Gasteiger partial charge in [0.05, 0.1) is 12.1 Å². The first-order valence-corrected chi connectivity index (χ1v) is 4.85. The van der Waals surface area contributed by atoms with E-state index in [0.29, 0.717) is 0 Å². The molecular formula is C10H11ClO5. The molecule has 88 valence electrons. The summed E-state index contributed by atoms with van der Waals surface area (Å²) in [4.78, 5) is 22.8. The van der Waals surface area contributed by atoms with Gasteiger partial charge < -0.3 is 14.9 Å². The smallest absolute Gasteiger partial charge is 0.345 e. The highest BCUT2D eigenvalue weighted by atomic mass is 35.5. The van der Waals surface area contributed by atoms with Crippen molar-refractivity contribution in [2.24, 2.45) is 0 Å². The molecule has 0 spiro atoms. The average Bonchev–Trinajstić information content (AvgIpc) is 2.44. The molecule has 0 amide bonds. The third-order valence-electron chi connectivity index (χ3n) is 2.34. The van der Waals surface area contributed by atoms with Crippen molar-refractivity contribution in [1.82, 2.24) is 0 Å². The summed E-state index contributed by atoms with van der Waals surface area (Å²) in [5.41, 5.74) is -2.57. The Bertz CT molecular complexity index is 398. The topological polar surface area (TPSA) is 83.8 Å². The number of rotatable bonds is 2. The van der Waals surface area contributed by atoms with Crippen LogP contribution < -0.4 is 0 Å². The van der Waals surface area contributed by atoms with Crippen LogP contribution in [0.4, 0.5) is 0 Å². The minimum Gasteiger partial charge on any atom is -0.467 e. The summed E-state index contributed by atoms with van der Waals surface area (Å²) in [5.74, 6) is -2.03. The van der Waals surface area contributed by atoms with Gasteiger partial charge >= 0.3 is 5.97 Å². The predicted octanol–water partition coefficient (Wildman–Crippen LogP) is -0.0969. The lowest BCUT2D eigenvalue weighted by molar-refractivity contribution is -0.169. The zero-order valence-corrected chi connectivity index (χ0v) is 9.49. The second-order valence-electron chi connectivity index (χ2n) is 3.25. The van der Waals surface area contributed by atoms with Gasteiger partial charge in [-0.1, -0.05) is 23.8 Å². The Balaban J connectivity index is 3.37. The molecule has 2 atom stereocenters. The van der Waals surface area contributed by atoms with E-state index in [4.69, 9.17) is 11.6 Å². The van der Waals surface area contributed by atoms with E-state index in [-0.39, 0.29) is 10.6 Å². The number of carbonyl (C=O) groups excluding carboxylic acids is 2. The van der Waals surface area contributed by atoms with Crippen LogP contribution in [-0.2, 0) is 14.3 Å². The number of ether oxygens (including phenoxy) is 1. The number of allylic oxidation sites excluding steroid dienone is 1. The van der Waals surface area contributed by atoms with Crippen LogP contribution in [0.25, 0.3) is 0 Å². The van der Waals surface area contributed by atoms with Gasteiger partial charge in [0, 0.05) is 5.57 Å². The van der Waals surface area contributed by atoms with Crippen molar-refractivity contribution in [1.29, 1.82) is 0 Å². The van der Waals surface area contributed by atoms with Crippen LogP contribution in [-0.4, -0.2) is 40.8 Å². The van der Waals surface area contributed by atoms with E-state index in [0.717, 1.165) is 7.11 Å². The first kappa shape index (κ1) is 12.9. The quantitative estimate of drug-likeness (QED) is 0.665. The van der Waals surface area contributed by atoms with E-state index >= 15 is 0 Å². The third-order valence-corrected chi connectivity index (χ3v) is 2.73. The molecule has 1 rings (SSSR count). The summed E-state index contributed by atoms with van der Waals surface area (Å²) in [6.45, 7) is 1.62. The number of esters is 1. The van der Waals surface area contributed by atoms with Crippen molar-refractivity contribution in [3.05, 3.63) is 22.8 Å². The van der Waals surface area contributed by atoms with E-state index in [1.165, 1.54) is 12.2 Å². The van der Waals surface area contributed by atoms with E-state index in [1.807, 2.05) is 0 Å². The van der Waals surface area contributed by atoms with Gasteiger partial charge in [-0.3, -0.25) is 4.79 Å². The molecule has 0 aromatic carbocycles. The number of halogens is 1. The lowest BCUT2D eigenvalue weighted by atomic mass is 9.93. The minimum absolute atomic E-state index is 0.152.